The first-order valence-electron chi connectivity index (χ1n) is 12.7. The number of aromatic nitrogens is 2. The summed E-state index contributed by atoms with van der Waals surface area (Å²) in [6.07, 6.45) is 3.91. The number of nitrogens with one attached hydrogen (secondary N) is 2. The number of carbonyl (C=O) groups excluding carboxylic acids is 1. The van der Waals surface area contributed by atoms with E-state index in [-0.39, 0.29) is 11.7 Å². The molecule has 7 heteroatoms. The van der Waals surface area contributed by atoms with Crippen LogP contribution in [-0.2, 0) is 0 Å². The Morgan fingerprint density at radius 1 is 1.03 bits per heavy atom. The Bertz CT molecular complexity index is 1460. The van der Waals surface area contributed by atoms with Crippen molar-refractivity contribution in [2.75, 3.05) is 51.3 Å². The van der Waals surface area contributed by atoms with Gasteiger partial charge < -0.3 is 24.8 Å². The van der Waals surface area contributed by atoms with Crippen molar-refractivity contribution in [2.24, 2.45) is 5.92 Å². The number of ketones is 1. The molecule has 2 aromatic carbocycles. The predicted octanol–water partition coefficient (Wildman–Crippen LogP) is 3.81. The van der Waals surface area contributed by atoms with Crippen LogP contribution < -0.4 is 15.0 Å². The Morgan fingerprint density at radius 3 is 2.67 bits per heavy atom. The molecular weight excluding hydrogens is 450 g/mol. The van der Waals surface area contributed by atoms with Gasteiger partial charge in [-0.25, -0.2) is 4.98 Å². The number of hydrogen-bond donors (Lipinski definition) is 2. The second-order valence-corrected chi connectivity index (χ2v) is 10.2. The molecule has 5 heterocycles. The molecule has 7 nitrogen and oxygen atoms in total. The molecule has 2 saturated heterocycles. The summed E-state index contributed by atoms with van der Waals surface area (Å²) in [5.41, 5.74) is 7.12. The Morgan fingerprint density at radius 2 is 1.86 bits per heavy atom. The Hall–Kier alpha value is -3.68. The van der Waals surface area contributed by atoms with Crippen molar-refractivity contribution in [3.8, 4) is 28.0 Å². The standard InChI is InChI=1S/C29H29N5O2/c1-33-8-9-34-23(16-33)17-36-27-11-20(6-7-26(27)34)21-10-24-25(15-32-29(24)31-14-21)18-2-4-19(5-3-18)28(35)22-12-30-13-22/h2-7,10-11,14-15,22-23,30H,8-9,12-13,16-17H2,1H3,(H,31,32). The first kappa shape index (κ1) is 21.6. The Balaban J connectivity index is 1.19. The second kappa shape index (κ2) is 8.47. The third-order valence-electron chi connectivity index (χ3n) is 7.88. The van der Waals surface area contributed by atoms with Crippen LogP contribution in [0.25, 0.3) is 33.3 Å². The lowest BCUT2D eigenvalue weighted by molar-refractivity contribution is 0.0878. The Kier molecular flexibility index (Phi) is 5.08. The van der Waals surface area contributed by atoms with E-state index in [1.54, 1.807) is 0 Å². The highest BCUT2D eigenvalue weighted by Crippen LogP contribution is 2.39. The molecule has 1 unspecified atom stereocenters. The lowest BCUT2D eigenvalue weighted by Gasteiger charge is -2.44. The molecule has 182 valence electrons. The number of H-pyrrole nitrogens is 1. The smallest absolute Gasteiger partial charge is 0.168 e. The molecule has 36 heavy (non-hydrogen) atoms. The Labute approximate surface area is 210 Å². The lowest BCUT2D eigenvalue weighted by Crippen LogP contribution is -2.56. The fraction of sp³-hybridized carbons (Fsp3) is 0.310. The van der Waals surface area contributed by atoms with E-state index >= 15 is 0 Å². The summed E-state index contributed by atoms with van der Waals surface area (Å²) in [6, 6.07) is 17.1. The zero-order chi connectivity index (χ0) is 24.2. The molecule has 0 saturated carbocycles. The van der Waals surface area contributed by atoms with Crippen molar-refractivity contribution in [3.05, 3.63) is 66.5 Å². The number of Topliss-reactive ketones (excluding diaryl/α,β-unsaturated/α-hetero) is 1. The van der Waals surface area contributed by atoms with Crippen LogP contribution in [0.1, 0.15) is 10.4 Å². The van der Waals surface area contributed by atoms with Crippen LogP contribution in [0, 0.1) is 5.92 Å². The maximum absolute atomic E-state index is 12.6. The largest absolute Gasteiger partial charge is 0.489 e. The average molecular weight is 480 g/mol. The van der Waals surface area contributed by atoms with Gasteiger partial charge in [0.15, 0.2) is 5.78 Å². The average Bonchev–Trinajstić information content (AvgIpc) is 3.30. The number of rotatable bonds is 4. The molecule has 1 atom stereocenters. The highest BCUT2D eigenvalue weighted by Gasteiger charge is 2.32. The predicted molar refractivity (Wildman–Crippen MR) is 142 cm³/mol. The number of hydrogen-bond acceptors (Lipinski definition) is 6. The normalized spacial score (nSPS) is 19.9. The molecule has 2 N–H and O–H groups in total. The van der Waals surface area contributed by atoms with E-state index < -0.39 is 0 Å². The van der Waals surface area contributed by atoms with Crippen molar-refractivity contribution in [1.82, 2.24) is 20.2 Å². The molecule has 0 spiro atoms. The van der Waals surface area contributed by atoms with Crippen LogP contribution in [-0.4, -0.2) is 73.1 Å². The van der Waals surface area contributed by atoms with E-state index in [0.29, 0.717) is 6.04 Å². The number of fused-ring (bicyclic) bond motifs is 4. The van der Waals surface area contributed by atoms with E-state index in [4.69, 9.17) is 9.72 Å². The summed E-state index contributed by atoms with van der Waals surface area (Å²) in [5.74, 6) is 1.28. The van der Waals surface area contributed by atoms with Gasteiger partial charge in [-0.05, 0) is 36.4 Å². The third-order valence-corrected chi connectivity index (χ3v) is 7.88. The molecule has 2 aromatic heterocycles. The number of benzene rings is 2. The lowest BCUT2D eigenvalue weighted by atomic mass is 9.92. The number of piperazine rings is 1. The second-order valence-electron chi connectivity index (χ2n) is 10.2. The monoisotopic (exact) mass is 479 g/mol. The van der Waals surface area contributed by atoms with Crippen molar-refractivity contribution >= 4 is 22.5 Å². The van der Waals surface area contributed by atoms with Crippen LogP contribution in [0.3, 0.4) is 0 Å². The van der Waals surface area contributed by atoms with Gasteiger partial charge in [-0.15, -0.1) is 0 Å². The molecule has 0 radical (unpaired) electrons. The van der Waals surface area contributed by atoms with Crippen molar-refractivity contribution in [3.63, 3.8) is 0 Å². The van der Waals surface area contributed by atoms with Crippen LogP contribution in [0.5, 0.6) is 5.75 Å². The SMILES string of the molecule is CN1CCN2c3ccc(-c4cnc5[nH]cc(-c6ccc(C(=O)C7CNC7)cc6)c5c4)cc3OCC2C1. The fourth-order valence-electron chi connectivity index (χ4n) is 5.63. The summed E-state index contributed by atoms with van der Waals surface area (Å²) in [4.78, 5) is 25.4. The minimum atomic E-state index is 0.110. The number of ether oxygens (including phenoxy) is 1. The highest BCUT2D eigenvalue weighted by atomic mass is 16.5. The first-order valence-corrected chi connectivity index (χ1v) is 12.7. The van der Waals surface area contributed by atoms with Gasteiger partial charge >= 0.3 is 0 Å². The van der Waals surface area contributed by atoms with E-state index in [1.807, 2.05) is 36.7 Å². The quantitative estimate of drug-likeness (QED) is 0.434. The summed E-state index contributed by atoms with van der Waals surface area (Å²) in [7, 11) is 2.18. The summed E-state index contributed by atoms with van der Waals surface area (Å²) < 4.78 is 6.20. The third kappa shape index (κ3) is 3.58. The topological polar surface area (TPSA) is 73.5 Å². The van der Waals surface area contributed by atoms with Gasteiger partial charge in [0, 0.05) is 73.1 Å². The zero-order valence-electron chi connectivity index (χ0n) is 20.3. The van der Waals surface area contributed by atoms with Crippen LogP contribution in [0.15, 0.2) is 60.9 Å². The minimum absolute atomic E-state index is 0.110. The first-order chi connectivity index (χ1) is 17.6. The molecule has 3 aliphatic rings. The van der Waals surface area contributed by atoms with Gasteiger partial charge in [0.25, 0.3) is 0 Å². The maximum Gasteiger partial charge on any atom is 0.168 e. The van der Waals surface area contributed by atoms with Crippen LogP contribution in [0.2, 0.25) is 0 Å². The number of likely N-dealkylation sites (N-methyl/N-ethyl adjacent to an activating group) is 1. The van der Waals surface area contributed by atoms with Crippen molar-refractivity contribution in [1.29, 1.82) is 0 Å². The summed E-state index contributed by atoms with van der Waals surface area (Å²) in [5, 5.41) is 4.23. The van der Waals surface area contributed by atoms with Gasteiger partial charge in [0.05, 0.1) is 11.7 Å². The molecule has 0 amide bonds. The fourth-order valence-corrected chi connectivity index (χ4v) is 5.63. The molecule has 7 rings (SSSR count). The molecule has 0 aliphatic carbocycles. The van der Waals surface area contributed by atoms with Gasteiger partial charge in [0.2, 0.25) is 0 Å². The van der Waals surface area contributed by atoms with Crippen molar-refractivity contribution < 1.29 is 9.53 Å². The van der Waals surface area contributed by atoms with Crippen LogP contribution >= 0.6 is 0 Å². The van der Waals surface area contributed by atoms with Gasteiger partial charge in [0.1, 0.15) is 18.0 Å². The molecular formula is C29H29N5O2. The molecule has 0 bridgehead atoms. The summed E-state index contributed by atoms with van der Waals surface area (Å²) >= 11 is 0. The minimum Gasteiger partial charge on any atom is -0.489 e. The maximum atomic E-state index is 12.6. The zero-order valence-corrected chi connectivity index (χ0v) is 20.3. The highest BCUT2D eigenvalue weighted by molar-refractivity contribution is 6.00. The number of pyridine rings is 1. The van der Waals surface area contributed by atoms with Crippen LogP contribution in [0.4, 0.5) is 5.69 Å². The van der Waals surface area contributed by atoms with Gasteiger partial charge in [-0.1, -0.05) is 30.3 Å². The number of carbonyl (C=O) groups is 1. The van der Waals surface area contributed by atoms with E-state index in [2.05, 4.69) is 51.4 Å². The molecule has 3 aliphatic heterocycles. The number of anilines is 1. The van der Waals surface area contributed by atoms with Gasteiger partial charge in [-0.3, -0.25) is 4.79 Å². The van der Waals surface area contributed by atoms with E-state index in [0.717, 1.165) is 83.9 Å². The number of nitrogens with zero attached hydrogens (tertiary/aromatic N) is 3. The van der Waals surface area contributed by atoms with E-state index in [1.165, 1.54) is 5.69 Å². The molecule has 4 aromatic rings. The van der Waals surface area contributed by atoms with Gasteiger partial charge in [-0.2, -0.15) is 0 Å². The number of aromatic amines is 1. The summed E-state index contributed by atoms with van der Waals surface area (Å²) in [6.45, 7) is 5.41. The molecule has 2 fully saturated rings. The van der Waals surface area contributed by atoms with E-state index in [9.17, 15) is 4.79 Å². The van der Waals surface area contributed by atoms with Crippen molar-refractivity contribution in [2.45, 2.75) is 6.04 Å².